The Hall–Kier alpha value is -1.66. The van der Waals surface area contributed by atoms with Gasteiger partial charge in [-0.05, 0) is 77.0 Å². The zero-order valence-corrected chi connectivity index (χ0v) is 43.7. The van der Waals surface area contributed by atoms with Crippen LogP contribution in [0.15, 0.2) is 24.3 Å². The van der Waals surface area contributed by atoms with Crippen molar-refractivity contribution in [2.45, 2.75) is 328 Å². The topological polar surface area (TPSA) is 95.9 Å². The van der Waals surface area contributed by atoms with E-state index in [0.717, 1.165) is 44.9 Å². The number of nitrogens with one attached hydrogen (secondary N) is 1. The van der Waals surface area contributed by atoms with Crippen LogP contribution in [0, 0.1) is 0 Å². The molecule has 2 unspecified atom stereocenters. The molecule has 0 aliphatic carbocycles. The Labute approximate surface area is 405 Å². The Balaban J connectivity index is 3.42. The molecule has 0 radical (unpaired) electrons. The lowest BCUT2D eigenvalue weighted by atomic mass is 10.0. The van der Waals surface area contributed by atoms with Crippen molar-refractivity contribution in [3.63, 3.8) is 0 Å². The van der Waals surface area contributed by atoms with Crippen molar-refractivity contribution in [2.75, 3.05) is 13.2 Å². The number of hydrogen-bond acceptors (Lipinski definition) is 5. The Morgan fingerprint density at radius 3 is 1.09 bits per heavy atom. The highest BCUT2D eigenvalue weighted by Crippen LogP contribution is 2.17. The van der Waals surface area contributed by atoms with Crippen LogP contribution < -0.4 is 5.32 Å². The van der Waals surface area contributed by atoms with Crippen LogP contribution >= 0.6 is 0 Å². The molecule has 6 nitrogen and oxygen atoms in total. The molecule has 6 heteroatoms. The lowest BCUT2D eigenvalue weighted by Gasteiger charge is -2.22. The number of ether oxygens (including phenoxy) is 1. The number of carbonyl (C=O) groups is 2. The quantitative estimate of drug-likeness (QED) is 0.0321. The van der Waals surface area contributed by atoms with E-state index in [9.17, 15) is 19.8 Å². The monoisotopic (exact) mass is 916 g/mol. The van der Waals surface area contributed by atoms with E-state index in [0.29, 0.717) is 25.9 Å². The maximum atomic E-state index is 12.5. The van der Waals surface area contributed by atoms with E-state index in [2.05, 4.69) is 43.5 Å². The van der Waals surface area contributed by atoms with Crippen LogP contribution in [-0.2, 0) is 14.3 Å². The Kier molecular flexibility index (Phi) is 53.5. The van der Waals surface area contributed by atoms with Gasteiger partial charge in [-0.1, -0.05) is 250 Å². The van der Waals surface area contributed by atoms with Crippen LogP contribution in [0.5, 0.6) is 0 Å². The summed E-state index contributed by atoms with van der Waals surface area (Å²) in [6, 6.07) is -0.547. The van der Waals surface area contributed by atoms with Crippen LogP contribution in [0.4, 0.5) is 0 Å². The van der Waals surface area contributed by atoms with E-state index in [1.165, 1.54) is 238 Å². The highest BCUT2D eigenvalue weighted by molar-refractivity contribution is 5.76. The fraction of sp³-hybridized carbons (Fsp3) is 0.898. The molecule has 0 spiro atoms. The van der Waals surface area contributed by atoms with Crippen molar-refractivity contribution in [2.24, 2.45) is 0 Å². The van der Waals surface area contributed by atoms with Crippen LogP contribution in [0.2, 0.25) is 0 Å². The van der Waals surface area contributed by atoms with Crippen LogP contribution in [0.3, 0.4) is 0 Å². The summed E-state index contributed by atoms with van der Waals surface area (Å²) >= 11 is 0. The van der Waals surface area contributed by atoms with E-state index < -0.39 is 12.1 Å². The van der Waals surface area contributed by atoms with Gasteiger partial charge in [-0.2, -0.15) is 0 Å². The Morgan fingerprint density at radius 2 is 0.723 bits per heavy atom. The maximum Gasteiger partial charge on any atom is 0.305 e. The highest BCUT2D eigenvalue weighted by atomic mass is 16.5. The second-order valence-electron chi connectivity index (χ2n) is 20.0. The molecule has 0 rings (SSSR count). The van der Waals surface area contributed by atoms with Crippen LogP contribution in [-0.4, -0.2) is 47.4 Å². The summed E-state index contributed by atoms with van der Waals surface area (Å²) in [7, 11) is 0. The third-order valence-corrected chi connectivity index (χ3v) is 13.5. The number of aliphatic hydroxyl groups is 2. The van der Waals surface area contributed by atoms with Gasteiger partial charge in [0, 0.05) is 12.8 Å². The van der Waals surface area contributed by atoms with E-state index in [4.69, 9.17) is 4.74 Å². The average Bonchev–Trinajstić information content (AvgIpc) is 3.31. The normalized spacial score (nSPS) is 12.7. The number of allylic oxidation sites excluding steroid dienone is 4. The van der Waals surface area contributed by atoms with Gasteiger partial charge in [0.25, 0.3) is 0 Å². The number of hydrogen-bond donors (Lipinski definition) is 3. The summed E-state index contributed by atoms with van der Waals surface area (Å²) in [6.45, 7) is 4.94. The van der Waals surface area contributed by atoms with Crippen molar-refractivity contribution in [3.05, 3.63) is 24.3 Å². The predicted octanol–water partition coefficient (Wildman–Crippen LogP) is 17.9. The average molecular weight is 917 g/mol. The largest absolute Gasteiger partial charge is 0.466 e. The van der Waals surface area contributed by atoms with Gasteiger partial charge in [-0.15, -0.1) is 0 Å². The number of amides is 1. The summed E-state index contributed by atoms with van der Waals surface area (Å²) in [5.41, 5.74) is 0. The van der Waals surface area contributed by atoms with Gasteiger partial charge in [0.05, 0.1) is 25.4 Å². The molecule has 384 valence electrons. The Morgan fingerprint density at radius 1 is 0.415 bits per heavy atom. The van der Waals surface area contributed by atoms with Gasteiger partial charge < -0.3 is 20.3 Å². The molecule has 0 aliphatic rings. The predicted molar refractivity (Wildman–Crippen MR) is 283 cm³/mol. The highest BCUT2D eigenvalue weighted by Gasteiger charge is 2.20. The van der Waals surface area contributed by atoms with Gasteiger partial charge in [0.15, 0.2) is 0 Å². The SMILES string of the molecule is CCCCCCCC/C=C\CCCCCCCC(=O)OCCCCCCCCCCC/C=C\CCCCCCCCCC(=O)NC(CO)C(O)CCCCCCCCCCCCCCC. The van der Waals surface area contributed by atoms with Crippen molar-refractivity contribution < 1.29 is 24.5 Å². The third-order valence-electron chi connectivity index (χ3n) is 13.5. The Bertz CT molecular complexity index is 1010. The summed E-state index contributed by atoms with van der Waals surface area (Å²) in [5, 5.41) is 23.2. The van der Waals surface area contributed by atoms with Crippen molar-refractivity contribution >= 4 is 11.9 Å². The second kappa shape index (κ2) is 54.9. The molecule has 0 heterocycles. The van der Waals surface area contributed by atoms with Gasteiger partial charge in [0.1, 0.15) is 0 Å². The summed E-state index contributed by atoms with van der Waals surface area (Å²) in [5.74, 6) is -0.0448. The maximum absolute atomic E-state index is 12.5. The van der Waals surface area contributed by atoms with Crippen molar-refractivity contribution in [1.82, 2.24) is 5.32 Å². The first-order valence-corrected chi connectivity index (χ1v) is 29.1. The standard InChI is InChI=1S/C59H113NO5/c1-3-5-7-9-11-13-15-17-24-29-33-37-41-45-49-53-59(64)65-54-50-46-42-38-34-30-26-23-21-19-18-20-22-25-28-32-36-40-44-48-52-58(63)60-56(55-61)57(62)51-47-43-39-35-31-27-16-14-12-10-8-6-4-2/h17-18,20,24,56-57,61-62H,3-16,19,21-23,25-55H2,1-2H3,(H,60,63)/b20-18-,24-17-. The van der Waals surface area contributed by atoms with Gasteiger partial charge in [-0.25, -0.2) is 0 Å². The molecular formula is C59H113NO5. The molecule has 2 atom stereocenters. The molecule has 1 amide bonds. The lowest BCUT2D eigenvalue weighted by molar-refractivity contribution is -0.143. The van der Waals surface area contributed by atoms with Gasteiger partial charge in [0.2, 0.25) is 5.91 Å². The van der Waals surface area contributed by atoms with E-state index in [-0.39, 0.29) is 18.5 Å². The fourth-order valence-electron chi connectivity index (χ4n) is 8.98. The molecular weight excluding hydrogens is 803 g/mol. The number of unbranched alkanes of at least 4 members (excludes halogenated alkanes) is 39. The van der Waals surface area contributed by atoms with Gasteiger partial charge >= 0.3 is 5.97 Å². The first-order valence-electron chi connectivity index (χ1n) is 29.1. The minimum absolute atomic E-state index is 0.00157. The van der Waals surface area contributed by atoms with E-state index >= 15 is 0 Å². The first kappa shape index (κ1) is 63.3. The number of rotatable bonds is 54. The molecule has 0 fully saturated rings. The fourth-order valence-corrected chi connectivity index (χ4v) is 8.98. The van der Waals surface area contributed by atoms with E-state index in [1.54, 1.807) is 0 Å². The third kappa shape index (κ3) is 51.6. The molecule has 0 saturated heterocycles. The number of aliphatic hydroxyl groups excluding tert-OH is 2. The first-order chi connectivity index (χ1) is 32.0. The van der Waals surface area contributed by atoms with Gasteiger partial charge in [-0.3, -0.25) is 9.59 Å². The second-order valence-corrected chi connectivity index (χ2v) is 20.0. The number of esters is 1. The molecule has 0 aliphatic heterocycles. The minimum atomic E-state index is -0.669. The minimum Gasteiger partial charge on any atom is -0.466 e. The molecule has 0 saturated carbocycles. The van der Waals surface area contributed by atoms with Crippen LogP contribution in [0.25, 0.3) is 0 Å². The summed E-state index contributed by atoms with van der Waals surface area (Å²) in [4.78, 5) is 24.5. The number of carbonyl (C=O) groups excluding carboxylic acids is 2. The molecule has 0 aromatic heterocycles. The van der Waals surface area contributed by atoms with Crippen molar-refractivity contribution in [3.8, 4) is 0 Å². The zero-order valence-electron chi connectivity index (χ0n) is 43.7. The molecule has 0 aromatic rings. The van der Waals surface area contributed by atoms with Crippen molar-refractivity contribution in [1.29, 1.82) is 0 Å². The summed E-state index contributed by atoms with van der Waals surface area (Å²) in [6.07, 6.45) is 66.0. The lowest BCUT2D eigenvalue weighted by Crippen LogP contribution is -2.45. The summed E-state index contributed by atoms with van der Waals surface area (Å²) < 4.78 is 5.47. The smallest absolute Gasteiger partial charge is 0.305 e. The molecule has 0 bridgehead atoms. The molecule has 65 heavy (non-hydrogen) atoms. The van der Waals surface area contributed by atoms with Crippen LogP contribution in [0.1, 0.15) is 316 Å². The molecule has 0 aromatic carbocycles. The zero-order chi connectivity index (χ0) is 47.2. The molecule has 3 N–H and O–H groups in total. The van der Waals surface area contributed by atoms with E-state index in [1.807, 2.05) is 0 Å².